The molecule has 0 radical (unpaired) electrons. The van der Waals surface area contributed by atoms with Crippen LogP contribution in [-0.2, 0) is 11.3 Å². The minimum Gasteiger partial charge on any atom is -0.321 e. The summed E-state index contributed by atoms with van der Waals surface area (Å²) >= 11 is 0. The van der Waals surface area contributed by atoms with E-state index >= 15 is 0 Å². The Balaban J connectivity index is 1.78. The van der Waals surface area contributed by atoms with Gasteiger partial charge in [-0.05, 0) is 42.0 Å². The molecular formula is C25H33N4O2+. The van der Waals surface area contributed by atoms with E-state index in [-0.39, 0.29) is 11.5 Å². The summed E-state index contributed by atoms with van der Waals surface area (Å²) in [6, 6.07) is 13.5. The molecule has 0 fully saturated rings. The van der Waals surface area contributed by atoms with Crippen LogP contribution < -0.4 is 15.8 Å². The third-order valence-corrected chi connectivity index (χ3v) is 5.63. The fraction of sp³-hybridized carbons (Fsp3) is 0.400. The zero-order valence-corrected chi connectivity index (χ0v) is 19.1. The lowest BCUT2D eigenvalue weighted by atomic mass is 9.92. The second kappa shape index (κ2) is 9.88. The van der Waals surface area contributed by atoms with Crippen LogP contribution in [0.25, 0.3) is 10.9 Å². The summed E-state index contributed by atoms with van der Waals surface area (Å²) in [6.07, 6.45) is 0. The van der Waals surface area contributed by atoms with Gasteiger partial charge in [-0.3, -0.25) is 9.59 Å². The molecule has 2 aromatic carbocycles. The van der Waals surface area contributed by atoms with Gasteiger partial charge in [-0.15, -0.1) is 0 Å². The minimum atomic E-state index is -0.145. The van der Waals surface area contributed by atoms with E-state index < -0.39 is 0 Å². The Hall–Kier alpha value is -2.99. The van der Waals surface area contributed by atoms with Crippen LogP contribution in [0.5, 0.6) is 0 Å². The van der Waals surface area contributed by atoms with Crippen LogP contribution in [0.3, 0.4) is 0 Å². The largest absolute Gasteiger partial charge is 0.321 e. The highest BCUT2D eigenvalue weighted by Gasteiger charge is 2.19. The van der Waals surface area contributed by atoms with Gasteiger partial charge in [0.25, 0.3) is 11.5 Å². The summed E-state index contributed by atoms with van der Waals surface area (Å²) in [7, 11) is 0. The maximum Gasteiger partial charge on any atom is 0.279 e. The first-order valence-corrected chi connectivity index (χ1v) is 11.0. The molecule has 6 heteroatoms. The van der Waals surface area contributed by atoms with Crippen molar-refractivity contribution in [3.05, 3.63) is 69.8 Å². The van der Waals surface area contributed by atoms with Gasteiger partial charge in [0, 0.05) is 5.69 Å². The van der Waals surface area contributed by atoms with Crippen LogP contribution in [0.15, 0.2) is 47.3 Å². The third-order valence-electron chi connectivity index (χ3n) is 5.63. The molecule has 1 aromatic heterocycles. The Kier molecular flexibility index (Phi) is 7.23. The number of likely N-dealkylation sites (N-methyl/N-ethyl adjacent to an activating group) is 1. The number of hydrogen-bond donors (Lipinski definition) is 3. The number of aromatic nitrogens is 2. The molecule has 0 aliphatic carbocycles. The molecule has 3 rings (SSSR count). The fourth-order valence-electron chi connectivity index (χ4n) is 3.87. The molecule has 164 valence electrons. The van der Waals surface area contributed by atoms with Crippen molar-refractivity contribution in [3.8, 4) is 0 Å². The van der Waals surface area contributed by atoms with Gasteiger partial charge in [0.15, 0.2) is 12.4 Å². The van der Waals surface area contributed by atoms with Gasteiger partial charge in [-0.2, -0.15) is 0 Å². The van der Waals surface area contributed by atoms with E-state index in [2.05, 4.69) is 61.2 Å². The second-order valence-corrected chi connectivity index (χ2v) is 8.66. The molecule has 3 aromatic rings. The summed E-state index contributed by atoms with van der Waals surface area (Å²) in [4.78, 5) is 33.8. The van der Waals surface area contributed by atoms with Crippen LogP contribution in [-0.4, -0.2) is 29.0 Å². The average Bonchev–Trinajstić information content (AvgIpc) is 2.73. The van der Waals surface area contributed by atoms with Crippen LogP contribution >= 0.6 is 0 Å². The van der Waals surface area contributed by atoms with E-state index in [9.17, 15) is 9.59 Å². The maximum absolute atomic E-state index is 13.0. The van der Waals surface area contributed by atoms with Crippen molar-refractivity contribution in [1.29, 1.82) is 0 Å². The molecule has 1 heterocycles. The van der Waals surface area contributed by atoms with Crippen molar-refractivity contribution in [3.63, 3.8) is 0 Å². The first-order valence-electron chi connectivity index (χ1n) is 11.0. The van der Waals surface area contributed by atoms with Crippen molar-refractivity contribution < 1.29 is 9.69 Å². The normalized spacial score (nSPS) is 12.5. The highest BCUT2D eigenvalue weighted by molar-refractivity contribution is 5.93. The summed E-state index contributed by atoms with van der Waals surface area (Å²) < 4.78 is 0. The van der Waals surface area contributed by atoms with E-state index in [1.54, 1.807) is 6.07 Å². The van der Waals surface area contributed by atoms with E-state index in [0.717, 1.165) is 28.3 Å². The van der Waals surface area contributed by atoms with Gasteiger partial charge in [-0.25, -0.2) is 4.98 Å². The highest BCUT2D eigenvalue weighted by atomic mass is 16.2. The van der Waals surface area contributed by atoms with Crippen molar-refractivity contribution in [2.75, 3.05) is 18.4 Å². The van der Waals surface area contributed by atoms with Gasteiger partial charge in [0.1, 0.15) is 6.54 Å². The quantitative estimate of drug-likeness (QED) is 0.523. The number of carbonyl (C=O) groups excluding carboxylic acids is 1. The van der Waals surface area contributed by atoms with E-state index in [0.29, 0.717) is 41.7 Å². The van der Waals surface area contributed by atoms with Crippen molar-refractivity contribution >= 4 is 22.5 Å². The molecule has 0 aliphatic rings. The van der Waals surface area contributed by atoms with Crippen LogP contribution in [0.4, 0.5) is 5.69 Å². The Morgan fingerprint density at radius 3 is 2.29 bits per heavy atom. The standard InChI is InChI=1S/C25H32N4O2/c1-6-29(14-22-26-21-13-8-7-10-20(21)25(31)27-22)15-23(30)28-24-18(16(2)3)11-9-12-19(24)17(4)5/h7-13,16-17H,6,14-15H2,1-5H3,(H,28,30)(H,26,27,31)/p+1. The Morgan fingerprint density at radius 2 is 1.68 bits per heavy atom. The molecule has 0 bridgehead atoms. The molecule has 3 N–H and O–H groups in total. The van der Waals surface area contributed by atoms with Gasteiger partial charge in [-0.1, -0.05) is 58.0 Å². The number of para-hydroxylation sites is 2. The molecule has 31 heavy (non-hydrogen) atoms. The minimum absolute atomic E-state index is 0.0324. The monoisotopic (exact) mass is 421 g/mol. The number of aromatic amines is 1. The zero-order valence-electron chi connectivity index (χ0n) is 19.1. The van der Waals surface area contributed by atoms with Gasteiger partial charge >= 0.3 is 0 Å². The predicted octanol–water partition coefficient (Wildman–Crippen LogP) is 3.21. The Labute approximate surface area is 183 Å². The number of nitrogens with one attached hydrogen (secondary N) is 3. The topological polar surface area (TPSA) is 79.3 Å². The molecule has 0 spiro atoms. The summed E-state index contributed by atoms with van der Waals surface area (Å²) in [5, 5.41) is 3.76. The van der Waals surface area contributed by atoms with Crippen LogP contribution in [0.1, 0.15) is 63.4 Å². The number of quaternary nitrogens is 1. The molecule has 1 atom stereocenters. The summed E-state index contributed by atoms with van der Waals surface area (Å²) in [5.41, 5.74) is 3.77. The lowest BCUT2D eigenvalue weighted by Crippen LogP contribution is -3.11. The lowest BCUT2D eigenvalue weighted by molar-refractivity contribution is -0.904. The van der Waals surface area contributed by atoms with Crippen LogP contribution in [0, 0.1) is 0 Å². The van der Waals surface area contributed by atoms with Crippen molar-refractivity contribution in [2.24, 2.45) is 0 Å². The predicted molar refractivity (Wildman–Crippen MR) is 126 cm³/mol. The number of carbonyl (C=O) groups is 1. The number of amides is 1. The number of anilines is 1. The smallest absolute Gasteiger partial charge is 0.279 e. The first kappa shape index (κ1) is 22.7. The fourth-order valence-corrected chi connectivity index (χ4v) is 3.87. The number of nitrogens with zero attached hydrogens (tertiary/aromatic N) is 1. The van der Waals surface area contributed by atoms with Gasteiger partial charge < -0.3 is 15.2 Å². The van der Waals surface area contributed by atoms with E-state index in [1.165, 1.54) is 0 Å². The zero-order chi connectivity index (χ0) is 22.5. The lowest BCUT2D eigenvalue weighted by Gasteiger charge is -2.22. The summed E-state index contributed by atoms with van der Waals surface area (Å²) in [5.74, 6) is 1.19. The number of rotatable bonds is 8. The maximum atomic E-state index is 13.0. The molecule has 1 amide bonds. The van der Waals surface area contributed by atoms with Crippen LogP contribution in [0.2, 0.25) is 0 Å². The number of fused-ring (bicyclic) bond motifs is 1. The Morgan fingerprint density at radius 1 is 1.03 bits per heavy atom. The highest BCUT2D eigenvalue weighted by Crippen LogP contribution is 2.32. The molecule has 0 aliphatic heterocycles. The molecule has 0 saturated carbocycles. The SMILES string of the molecule is CC[NH+](CC(=O)Nc1c(C(C)C)cccc1C(C)C)Cc1nc2ccccc2c(=O)[nH]1. The van der Waals surface area contributed by atoms with Crippen molar-refractivity contribution in [2.45, 2.75) is 53.0 Å². The molecular weight excluding hydrogens is 388 g/mol. The average molecular weight is 422 g/mol. The molecule has 0 saturated heterocycles. The first-order chi connectivity index (χ1) is 14.8. The number of hydrogen-bond acceptors (Lipinski definition) is 3. The van der Waals surface area contributed by atoms with E-state index in [4.69, 9.17) is 0 Å². The molecule has 1 unspecified atom stereocenters. The van der Waals surface area contributed by atoms with Gasteiger partial charge in [0.2, 0.25) is 0 Å². The number of benzene rings is 2. The van der Waals surface area contributed by atoms with Gasteiger partial charge in [0.05, 0.1) is 17.4 Å². The van der Waals surface area contributed by atoms with Crippen molar-refractivity contribution in [1.82, 2.24) is 9.97 Å². The molecule has 6 nitrogen and oxygen atoms in total. The van der Waals surface area contributed by atoms with E-state index in [1.807, 2.05) is 25.1 Å². The second-order valence-electron chi connectivity index (χ2n) is 8.66. The summed E-state index contributed by atoms with van der Waals surface area (Å²) in [6.45, 7) is 12.1. The third kappa shape index (κ3) is 5.39. The Bertz CT molecular complexity index is 1090. The number of H-pyrrole nitrogens is 1.